The molecule has 0 spiro atoms. The molecule has 0 bridgehead atoms. The second-order valence-electron chi connectivity index (χ2n) is 3.47. The number of hydrogen-bond donors (Lipinski definition) is 1. The summed E-state index contributed by atoms with van der Waals surface area (Å²) >= 11 is 0. The zero-order valence-corrected chi connectivity index (χ0v) is 10.1. The van der Waals surface area contributed by atoms with Gasteiger partial charge in [0.2, 0.25) is 0 Å². The van der Waals surface area contributed by atoms with Crippen LogP contribution in [0.1, 0.15) is 34.9 Å². The topological polar surface area (TPSA) is 78.1 Å². The molecule has 0 aliphatic heterocycles. The zero-order valence-electron chi connectivity index (χ0n) is 10.1. The van der Waals surface area contributed by atoms with Crippen LogP contribution in [0.4, 0.5) is 0 Å². The minimum atomic E-state index is -0.644. The molecule has 0 aromatic carbocycles. The van der Waals surface area contributed by atoms with Crippen LogP contribution in [0.15, 0.2) is 10.5 Å². The molecule has 1 aromatic rings. The molecule has 96 valence electrons. The molecule has 0 fully saturated rings. The van der Waals surface area contributed by atoms with Crippen LogP contribution in [0, 0.1) is 0 Å². The van der Waals surface area contributed by atoms with E-state index in [-0.39, 0.29) is 0 Å². The normalized spacial score (nSPS) is 12.5. The lowest BCUT2D eigenvalue weighted by Gasteiger charge is -2.02. The molecule has 0 saturated heterocycles. The first-order valence-corrected chi connectivity index (χ1v) is 5.14. The predicted octanol–water partition coefficient (Wildman–Crippen LogP) is 1.81. The number of methoxy groups -OCH3 is 2. The van der Waals surface area contributed by atoms with Gasteiger partial charge in [0, 0.05) is 13.5 Å². The maximum Gasteiger partial charge on any atom is 0.341 e. The SMILES string of the molecule is COCCc1oc(C(C)OO)cc1C(=O)OC. The van der Waals surface area contributed by atoms with Crippen molar-refractivity contribution in [2.45, 2.75) is 19.4 Å². The largest absolute Gasteiger partial charge is 0.465 e. The highest BCUT2D eigenvalue weighted by Gasteiger charge is 2.21. The summed E-state index contributed by atoms with van der Waals surface area (Å²) in [6.07, 6.45) is -0.200. The number of rotatable bonds is 6. The molecular weight excluding hydrogens is 228 g/mol. The Morgan fingerprint density at radius 2 is 2.24 bits per heavy atom. The van der Waals surface area contributed by atoms with Crippen molar-refractivity contribution in [3.05, 3.63) is 23.2 Å². The smallest absolute Gasteiger partial charge is 0.341 e. The number of esters is 1. The highest BCUT2D eigenvalue weighted by Crippen LogP contribution is 2.24. The molecule has 0 aliphatic carbocycles. The van der Waals surface area contributed by atoms with Gasteiger partial charge in [-0.25, -0.2) is 9.68 Å². The first-order chi connectivity index (χ1) is 8.13. The van der Waals surface area contributed by atoms with Gasteiger partial charge in [0.1, 0.15) is 23.2 Å². The summed E-state index contributed by atoms with van der Waals surface area (Å²) in [5, 5.41) is 8.56. The fourth-order valence-electron chi connectivity index (χ4n) is 1.36. The molecule has 6 nitrogen and oxygen atoms in total. The van der Waals surface area contributed by atoms with E-state index in [4.69, 9.17) is 14.4 Å². The van der Waals surface area contributed by atoms with E-state index >= 15 is 0 Å². The molecule has 1 unspecified atom stereocenters. The van der Waals surface area contributed by atoms with Gasteiger partial charge in [0.15, 0.2) is 0 Å². The second-order valence-corrected chi connectivity index (χ2v) is 3.47. The lowest BCUT2D eigenvalue weighted by Crippen LogP contribution is -2.04. The molecule has 1 N–H and O–H groups in total. The summed E-state index contributed by atoms with van der Waals surface area (Å²) in [5.74, 6) is 0.327. The molecule has 6 heteroatoms. The van der Waals surface area contributed by atoms with Crippen LogP contribution in [0.5, 0.6) is 0 Å². The predicted molar refractivity (Wildman–Crippen MR) is 57.8 cm³/mol. The molecule has 0 saturated carbocycles. The van der Waals surface area contributed by atoms with Gasteiger partial charge in [-0.2, -0.15) is 0 Å². The van der Waals surface area contributed by atoms with Gasteiger partial charge in [-0.05, 0) is 13.0 Å². The number of furan rings is 1. The quantitative estimate of drug-likeness (QED) is 0.467. The van der Waals surface area contributed by atoms with E-state index in [1.165, 1.54) is 13.2 Å². The van der Waals surface area contributed by atoms with Crippen LogP contribution >= 0.6 is 0 Å². The Bertz CT molecular complexity index is 370. The van der Waals surface area contributed by atoms with E-state index in [0.29, 0.717) is 30.1 Å². The number of hydrogen-bond acceptors (Lipinski definition) is 6. The van der Waals surface area contributed by atoms with Crippen molar-refractivity contribution >= 4 is 5.97 Å². The van der Waals surface area contributed by atoms with E-state index in [0.717, 1.165) is 0 Å². The van der Waals surface area contributed by atoms with Crippen molar-refractivity contribution in [2.75, 3.05) is 20.8 Å². The maximum atomic E-state index is 11.5. The van der Waals surface area contributed by atoms with Crippen molar-refractivity contribution in [1.82, 2.24) is 0 Å². The van der Waals surface area contributed by atoms with Gasteiger partial charge in [-0.15, -0.1) is 0 Å². The van der Waals surface area contributed by atoms with Gasteiger partial charge in [-0.1, -0.05) is 0 Å². The molecule has 0 radical (unpaired) electrons. The molecule has 1 aromatic heterocycles. The third kappa shape index (κ3) is 3.29. The molecule has 1 atom stereocenters. The van der Waals surface area contributed by atoms with Gasteiger partial charge in [0.05, 0.1) is 13.7 Å². The minimum Gasteiger partial charge on any atom is -0.465 e. The first kappa shape index (κ1) is 13.7. The summed E-state index contributed by atoms with van der Waals surface area (Å²) in [6, 6.07) is 1.50. The Morgan fingerprint density at radius 1 is 1.53 bits per heavy atom. The highest BCUT2D eigenvalue weighted by molar-refractivity contribution is 5.90. The van der Waals surface area contributed by atoms with E-state index < -0.39 is 12.1 Å². The number of carbonyl (C=O) groups is 1. The Kier molecular flexibility index (Phi) is 5.14. The van der Waals surface area contributed by atoms with Crippen LogP contribution in [-0.4, -0.2) is 32.1 Å². The van der Waals surface area contributed by atoms with Crippen LogP contribution in [-0.2, 0) is 20.8 Å². The zero-order chi connectivity index (χ0) is 12.8. The van der Waals surface area contributed by atoms with Gasteiger partial charge < -0.3 is 13.9 Å². The monoisotopic (exact) mass is 244 g/mol. The van der Waals surface area contributed by atoms with Crippen molar-refractivity contribution in [1.29, 1.82) is 0 Å². The first-order valence-electron chi connectivity index (χ1n) is 5.14. The second kappa shape index (κ2) is 6.39. The van der Waals surface area contributed by atoms with Crippen LogP contribution in [0.2, 0.25) is 0 Å². The van der Waals surface area contributed by atoms with Crippen LogP contribution in [0.25, 0.3) is 0 Å². The molecule has 1 rings (SSSR count). The Balaban J connectivity index is 2.98. The van der Waals surface area contributed by atoms with Crippen molar-refractivity contribution in [3.63, 3.8) is 0 Å². The fourth-order valence-corrected chi connectivity index (χ4v) is 1.36. The Labute approximate surface area is 99.0 Å². The van der Waals surface area contributed by atoms with Crippen molar-refractivity contribution in [2.24, 2.45) is 0 Å². The van der Waals surface area contributed by atoms with E-state index in [2.05, 4.69) is 9.62 Å². The van der Waals surface area contributed by atoms with Crippen LogP contribution < -0.4 is 0 Å². The number of carbonyl (C=O) groups excluding carboxylic acids is 1. The molecule has 17 heavy (non-hydrogen) atoms. The third-order valence-corrected chi connectivity index (χ3v) is 2.33. The summed E-state index contributed by atoms with van der Waals surface area (Å²) in [5.41, 5.74) is 0.323. The summed E-state index contributed by atoms with van der Waals surface area (Å²) in [7, 11) is 2.85. The van der Waals surface area contributed by atoms with Crippen molar-refractivity contribution in [3.8, 4) is 0 Å². The third-order valence-electron chi connectivity index (χ3n) is 2.33. The van der Waals surface area contributed by atoms with Crippen LogP contribution in [0.3, 0.4) is 0 Å². The summed E-state index contributed by atoms with van der Waals surface area (Å²) in [4.78, 5) is 15.6. The molecular formula is C11H16O6. The summed E-state index contributed by atoms with van der Waals surface area (Å²) < 4.78 is 15.0. The average Bonchev–Trinajstić information content (AvgIpc) is 2.78. The van der Waals surface area contributed by atoms with E-state index in [1.54, 1.807) is 14.0 Å². The standard InChI is InChI=1S/C11H16O6/c1-7(17-13)10-6-8(11(12)15-3)9(16-10)4-5-14-2/h6-7,13H,4-5H2,1-3H3. The summed E-state index contributed by atoms with van der Waals surface area (Å²) in [6.45, 7) is 2.02. The Morgan fingerprint density at radius 3 is 2.76 bits per heavy atom. The number of ether oxygens (including phenoxy) is 2. The van der Waals surface area contributed by atoms with Gasteiger partial charge in [0.25, 0.3) is 0 Å². The molecule has 1 heterocycles. The van der Waals surface area contributed by atoms with E-state index in [9.17, 15) is 4.79 Å². The average molecular weight is 244 g/mol. The highest BCUT2D eigenvalue weighted by atomic mass is 17.1. The fraction of sp³-hybridized carbons (Fsp3) is 0.545. The van der Waals surface area contributed by atoms with Crippen molar-refractivity contribution < 1.29 is 28.8 Å². The van der Waals surface area contributed by atoms with Gasteiger partial charge >= 0.3 is 5.97 Å². The minimum absolute atomic E-state index is 0.323. The van der Waals surface area contributed by atoms with Gasteiger partial charge in [-0.3, -0.25) is 5.26 Å². The molecule has 0 amide bonds. The Hall–Kier alpha value is -1.37. The maximum absolute atomic E-state index is 11.5. The lowest BCUT2D eigenvalue weighted by molar-refractivity contribution is -0.280. The van der Waals surface area contributed by atoms with E-state index in [1.807, 2.05) is 0 Å². The lowest BCUT2D eigenvalue weighted by atomic mass is 10.2. The molecule has 0 aliphatic rings.